The molecule has 0 aliphatic carbocycles. The molecular formula is C16H20N2OS2. The van der Waals surface area contributed by atoms with Gasteiger partial charge < -0.3 is 5.32 Å². The molecule has 0 fully saturated rings. The highest BCUT2D eigenvalue weighted by Gasteiger charge is 2.06. The molecule has 1 N–H and O–H groups in total. The molecule has 3 nitrogen and oxygen atoms in total. The van der Waals surface area contributed by atoms with E-state index < -0.39 is 0 Å². The maximum absolute atomic E-state index is 11.9. The van der Waals surface area contributed by atoms with Crippen molar-refractivity contribution in [3.63, 3.8) is 0 Å². The lowest BCUT2D eigenvalue weighted by Crippen LogP contribution is -2.13. The summed E-state index contributed by atoms with van der Waals surface area (Å²) in [5.74, 6) is 0.402. The Bertz CT molecular complexity index is 578. The summed E-state index contributed by atoms with van der Waals surface area (Å²) in [6.07, 6.45) is 3.51. The predicted molar refractivity (Wildman–Crippen MR) is 91.3 cm³/mol. The fourth-order valence-corrected chi connectivity index (χ4v) is 3.51. The third-order valence-corrected chi connectivity index (χ3v) is 5.12. The molecule has 1 amide bonds. The van der Waals surface area contributed by atoms with Crippen LogP contribution in [0.4, 0.5) is 5.69 Å². The standard InChI is InChI=1S/C16H20N2OS2/c1-3-4-5-13-6-8-14(9-7-13)18-15(19)11-21-16-17-12(2)10-20-16/h6-10H,3-5,11H2,1-2H3,(H,18,19). The Labute approximate surface area is 134 Å². The minimum Gasteiger partial charge on any atom is -0.325 e. The number of nitrogens with one attached hydrogen (secondary N) is 1. The normalized spacial score (nSPS) is 10.6. The summed E-state index contributed by atoms with van der Waals surface area (Å²) in [5.41, 5.74) is 3.18. The van der Waals surface area contributed by atoms with Crippen LogP contribution in [0.1, 0.15) is 31.0 Å². The molecule has 5 heteroatoms. The average molecular weight is 320 g/mol. The van der Waals surface area contributed by atoms with Crippen LogP contribution in [0.3, 0.4) is 0 Å². The number of anilines is 1. The van der Waals surface area contributed by atoms with Gasteiger partial charge in [0.25, 0.3) is 0 Å². The summed E-state index contributed by atoms with van der Waals surface area (Å²) in [6, 6.07) is 8.12. The molecule has 2 aromatic rings. The summed E-state index contributed by atoms with van der Waals surface area (Å²) in [7, 11) is 0. The number of thioether (sulfide) groups is 1. The van der Waals surface area contributed by atoms with Gasteiger partial charge in [-0.05, 0) is 37.5 Å². The van der Waals surface area contributed by atoms with Gasteiger partial charge in [0.15, 0.2) is 4.34 Å². The Morgan fingerprint density at radius 1 is 1.33 bits per heavy atom. The smallest absolute Gasteiger partial charge is 0.234 e. The first-order valence-electron chi connectivity index (χ1n) is 7.11. The molecule has 0 atom stereocenters. The molecular weight excluding hydrogens is 300 g/mol. The lowest BCUT2D eigenvalue weighted by Gasteiger charge is -2.06. The quantitative estimate of drug-likeness (QED) is 0.762. The van der Waals surface area contributed by atoms with Gasteiger partial charge in [0.2, 0.25) is 5.91 Å². The Balaban J connectivity index is 1.79. The second-order valence-electron chi connectivity index (χ2n) is 4.89. The summed E-state index contributed by atoms with van der Waals surface area (Å²) < 4.78 is 0.942. The largest absolute Gasteiger partial charge is 0.325 e. The number of nitrogens with zero attached hydrogens (tertiary/aromatic N) is 1. The zero-order valence-electron chi connectivity index (χ0n) is 12.4. The molecule has 0 aliphatic heterocycles. The van der Waals surface area contributed by atoms with E-state index in [1.54, 1.807) is 11.3 Å². The number of thiazole rings is 1. The van der Waals surface area contributed by atoms with Crippen LogP contribution in [0.25, 0.3) is 0 Å². The topological polar surface area (TPSA) is 42.0 Å². The number of aryl methyl sites for hydroxylation is 2. The molecule has 0 aliphatic rings. The van der Waals surface area contributed by atoms with Crippen LogP contribution in [-0.2, 0) is 11.2 Å². The zero-order chi connectivity index (χ0) is 15.1. The fraction of sp³-hybridized carbons (Fsp3) is 0.375. The molecule has 1 aromatic heterocycles. The molecule has 0 saturated heterocycles. The zero-order valence-corrected chi connectivity index (χ0v) is 14.0. The molecule has 2 rings (SSSR count). The first kappa shape index (κ1) is 16.0. The van der Waals surface area contributed by atoms with E-state index in [-0.39, 0.29) is 5.91 Å². The minimum atomic E-state index is 0.00848. The highest BCUT2D eigenvalue weighted by molar-refractivity contribution is 8.01. The number of carbonyl (C=O) groups is 1. The summed E-state index contributed by atoms with van der Waals surface area (Å²) >= 11 is 3.06. The number of rotatable bonds is 7. The molecule has 1 aromatic carbocycles. The highest BCUT2D eigenvalue weighted by Crippen LogP contribution is 2.22. The number of hydrogen-bond donors (Lipinski definition) is 1. The Hall–Kier alpha value is -1.33. The summed E-state index contributed by atoms with van der Waals surface area (Å²) in [5, 5.41) is 4.91. The van der Waals surface area contributed by atoms with Crippen molar-refractivity contribution in [1.82, 2.24) is 4.98 Å². The molecule has 0 spiro atoms. The fourth-order valence-electron chi connectivity index (χ4n) is 1.86. The van der Waals surface area contributed by atoms with E-state index in [9.17, 15) is 4.79 Å². The lowest BCUT2D eigenvalue weighted by atomic mass is 10.1. The van der Waals surface area contributed by atoms with Gasteiger partial charge in [-0.3, -0.25) is 4.79 Å². The lowest BCUT2D eigenvalue weighted by molar-refractivity contribution is -0.113. The minimum absolute atomic E-state index is 0.00848. The van der Waals surface area contributed by atoms with Crippen LogP contribution in [-0.4, -0.2) is 16.6 Å². The summed E-state index contributed by atoms with van der Waals surface area (Å²) in [4.78, 5) is 16.2. The van der Waals surface area contributed by atoms with Crippen molar-refractivity contribution in [1.29, 1.82) is 0 Å². The molecule has 21 heavy (non-hydrogen) atoms. The van der Waals surface area contributed by atoms with Crippen LogP contribution in [0, 0.1) is 6.92 Å². The SMILES string of the molecule is CCCCc1ccc(NC(=O)CSc2nc(C)cs2)cc1. The molecule has 0 bridgehead atoms. The van der Waals surface area contributed by atoms with E-state index >= 15 is 0 Å². The number of benzene rings is 1. The van der Waals surface area contributed by atoms with Crippen LogP contribution in [0.5, 0.6) is 0 Å². The average Bonchev–Trinajstić information content (AvgIpc) is 2.90. The Morgan fingerprint density at radius 3 is 2.71 bits per heavy atom. The van der Waals surface area contributed by atoms with E-state index in [0.717, 1.165) is 22.1 Å². The van der Waals surface area contributed by atoms with Crippen molar-refractivity contribution in [2.24, 2.45) is 0 Å². The number of hydrogen-bond acceptors (Lipinski definition) is 4. The van der Waals surface area contributed by atoms with E-state index in [2.05, 4.69) is 29.4 Å². The van der Waals surface area contributed by atoms with Crippen LogP contribution in [0.2, 0.25) is 0 Å². The van der Waals surface area contributed by atoms with Gasteiger partial charge in [0.1, 0.15) is 0 Å². The maximum Gasteiger partial charge on any atom is 0.234 e. The van der Waals surface area contributed by atoms with Crippen molar-refractivity contribution >= 4 is 34.7 Å². The third kappa shape index (κ3) is 5.52. The van der Waals surface area contributed by atoms with Crippen molar-refractivity contribution in [3.8, 4) is 0 Å². The number of amides is 1. The predicted octanol–water partition coefficient (Wildman–Crippen LogP) is 4.52. The molecule has 0 saturated carbocycles. The summed E-state index contributed by atoms with van der Waals surface area (Å²) in [6.45, 7) is 4.15. The van der Waals surface area contributed by atoms with Crippen molar-refractivity contribution in [2.75, 3.05) is 11.1 Å². The van der Waals surface area contributed by atoms with Gasteiger partial charge in [-0.15, -0.1) is 11.3 Å². The van der Waals surface area contributed by atoms with Crippen molar-refractivity contribution in [3.05, 3.63) is 40.9 Å². The first-order chi connectivity index (χ1) is 10.2. The number of unbranched alkanes of at least 4 members (excludes halogenated alkanes) is 1. The van der Waals surface area contributed by atoms with Gasteiger partial charge in [0.05, 0.1) is 5.75 Å². The van der Waals surface area contributed by atoms with Gasteiger partial charge in [0, 0.05) is 16.8 Å². The highest BCUT2D eigenvalue weighted by atomic mass is 32.2. The van der Waals surface area contributed by atoms with Gasteiger partial charge >= 0.3 is 0 Å². The maximum atomic E-state index is 11.9. The van der Waals surface area contributed by atoms with E-state index in [4.69, 9.17) is 0 Å². The van der Waals surface area contributed by atoms with Crippen molar-refractivity contribution < 1.29 is 4.79 Å². The van der Waals surface area contributed by atoms with Crippen LogP contribution < -0.4 is 5.32 Å². The Kier molecular flexibility index (Phi) is 6.26. The molecule has 0 unspecified atom stereocenters. The van der Waals surface area contributed by atoms with Gasteiger partial charge in [-0.25, -0.2) is 4.98 Å². The van der Waals surface area contributed by atoms with Crippen LogP contribution in [0.15, 0.2) is 34.0 Å². The monoisotopic (exact) mass is 320 g/mol. The van der Waals surface area contributed by atoms with Gasteiger partial charge in [-0.2, -0.15) is 0 Å². The molecule has 0 radical (unpaired) electrons. The number of aromatic nitrogens is 1. The Morgan fingerprint density at radius 2 is 2.10 bits per heavy atom. The second-order valence-corrected chi connectivity index (χ2v) is 6.97. The van der Waals surface area contributed by atoms with Crippen LogP contribution >= 0.6 is 23.1 Å². The molecule has 112 valence electrons. The van der Waals surface area contributed by atoms with E-state index in [0.29, 0.717) is 5.75 Å². The number of carbonyl (C=O) groups excluding carboxylic acids is 1. The van der Waals surface area contributed by atoms with Crippen molar-refractivity contribution in [2.45, 2.75) is 37.4 Å². The first-order valence-corrected chi connectivity index (χ1v) is 8.97. The van der Waals surface area contributed by atoms with E-state index in [1.165, 1.54) is 30.2 Å². The second kappa shape index (κ2) is 8.20. The van der Waals surface area contributed by atoms with Gasteiger partial charge in [-0.1, -0.05) is 37.2 Å². The third-order valence-electron chi connectivity index (χ3n) is 2.98. The molecule has 1 heterocycles. The van der Waals surface area contributed by atoms with E-state index in [1.807, 2.05) is 24.4 Å².